The smallest absolute Gasteiger partial charge is 0.306 e. The van der Waals surface area contributed by atoms with E-state index in [-0.39, 0.29) is 31.1 Å². The van der Waals surface area contributed by atoms with Gasteiger partial charge in [0.1, 0.15) is 13.2 Å². The van der Waals surface area contributed by atoms with Crippen molar-refractivity contribution in [2.45, 2.75) is 259 Å². The van der Waals surface area contributed by atoms with Gasteiger partial charge in [0.15, 0.2) is 6.10 Å². The Morgan fingerprint density at radius 3 is 0.942 bits per heavy atom. The van der Waals surface area contributed by atoms with Crippen LogP contribution in [0.1, 0.15) is 252 Å². The number of hydrogen-bond donors (Lipinski definition) is 0. The first kappa shape index (κ1) is 50.4. The molecule has 0 aromatic heterocycles. The van der Waals surface area contributed by atoms with Crippen molar-refractivity contribution in [1.82, 2.24) is 0 Å². The third kappa shape index (κ3) is 39.6. The Hall–Kier alpha value is -1.59. The molecule has 0 saturated heterocycles. The molecule has 0 aliphatic carbocycles. The van der Waals surface area contributed by atoms with Crippen molar-refractivity contribution in [2.24, 2.45) is 5.92 Å². The van der Waals surface area contributed by atoms with E-state index in [4.69, 9.17) is 14.2 Å². The molecule has 0 amide bonds. The third-order valence-electron chi connectivity index (χ3n) is 10.3. The predicted molar refractivity (Wildman–Crippen MR) is 220 cm³/mol. The average molecular weight is 737 g/mol. The van der Waals surface area contributed by atoms with E-state index in [1.165, 1.54) is 148 Å². The highest BCUT2D eigenvalue weighted by atomic mass is 16.6. The van der Waals surface area contributed by atoms with Gasteiger partial charge in [-0.05, 0) is 25.2 Å². The molecule has 52 heavy (non-hydrogen) atoms. The molecule has 6 heteroatoms. The van der Waals surface area contributed by atoms with Crippen LogP contribution >= 0.6 is 0 Å². The summed E-state index contributed by atoms with van der Waals surface area (Å²) in [6.07, 6.45) is 39.5. The molecule has 0 saturated carbocycles. The summed E-state index contributed by atoms with van der Waals surface area (Å²) >= 11 is 0. The SMILES string of the molecule is CCCCCCCCCCCCCCCC(=O)O[C@@H](COC(=O)CCCCCCCCC)COC(=O)CCCCCCCCCCCCCC(C)C. The maximum absolute atomic E-state index is 12.7. The molecule has 0 bridgehead atoms. The fraction of sp³-hybridized carbons (Fsp3) is 0.935. The van der Waals surface area contributed by atoms with Crippen LogP contribution in [0.4, 0.5) is 0 Å². The van der Waals surface area contributed by atoms with E-state index < -0.39 is 6.10 Å². The molecular weight excluding hydrogens is 648 g/mol. The Balaban J connectivity index is 4.26. The molecule has 0 aromatic carbocycles. The Kier molecular flexibility index (Phi) is 39.4. The molecule has 0 aliphatic heterocycles. The van der Waals surface area contributed by atoms with E-state index in [0.717, 1.165) is 63.7 Å². The molecule has 0 unspecified atom stereocenters. The number of carbonyl (C=O) groups is 3. The van der Waals surface area contributed by atoms with Crippen LogP contribution in [0.2, 0.25) is 0 Å². The van der Waals surface area contributed by atoms with Crippen molar-refractivity contribution in [3.8, 4) is 0 Å². The number of unbranched alkanes of at least 4 members (excludes halogenated alkanes) is 28. The summed E-state index contributed by atoms with van der Waals surface area (Å²) in [5.41, 5.74) is 0. The summed E-state index contributed by atoms with van der Waals surface area (Å²) in [5.74, 6) is -0.0328. The lowest BCUT2D eigenvalue weighted by Gasteiger charge is -2.18. The zero-order valence-electron chi connectivity index (χ0n) is 35.3. The Labute approximate surface area is 323 Å². The molecule has 0 heterocycles. The van der Waals surface area contributed by atoms with Crippen LogP contribution in [-0.4, -0.2) is 37.2 Å². The summed E-state index contributed by atoms with van der Waals surface area (Å²) in [5, 5.41) is 0. The summed E-state index contributed by atoms with van der Waals surface area (Å²) in [4.78, 5) is 37.6. The Morgan fingerprint density at radius 1 is 0.365 bits per heavy atom. The summed E-state index contributed by atoms with van der Waals surface area (Å²) in [6.45, 7) is 8.95. The van der Waals surface area contributed by atoms with Gasteiger partial charge in [0.2, 0.25) is 0 Å². The highest BCUT2D eigenvalue weighted by molar-refractivity contribution is 5.71. The van der Waals surface area contributed by atoms with Gasteiger partial charge in [-0.25, -0.2) is 0 Å². The van der Waals surface area contributed by atoms with Crippen molar-refractivity contribution in [1.29, 1.82) is 0 Å². The average Bonchev–Trinajstić information content (AvgIpc) is 3.12. The highest BCUT2D eigenvalue weighted by Gasteiger charge is 2.19. The number of rotatable bonds is 41. The zero-order chi connectivity index (χ0) is 38.2. The van der Waals surface area contributed by atoms with Gasteiger partial charge in [0.25, 0.3) is 0 Å². The van der Waals surface area contributed by atoms with E-state index in [1.54, 1.807) is 0 Å². The predicted octanol–water partition coefficient (Wildman–Crippen LogP) is 14.3. The number of hydrogen-bond acceptors (Lipinski definition) is 6. The van der Waals surface area contributed by atoms with Gasteiger partial charge >= 0.3 is 17.9 Å². The zero-order valence-corrected chi connectivity index (χ0v) is 35.3. The number of carbonyl (C=O) groups excluding carboxylic acids is 3. The second-order valence-corrected chi connectivity index (χ2v) is 16.2. The lowest BCUT2D eigenvalue weighted by Crippen LogP contribution is -2.30. The molecule has 1 atom stereocenters. The van der Waals surface area contributed by atoms with Gasteiger partial charge in [0, 0.05) is 19.3 Å². The van der Waals surface area contributed by atoms with E-state index in [9.17, 15) is 14.4 Å². The minimum atomic E-state index is -0.758. The largest absolute Gasteiger partial charge is 0.462 e. The van der Waals surface area contributed by atoms with E-state index >= 15 is 0 Å². The van der Waals surface area contributed by atoms with Crippen molar-refractivity contribution >= 4 is 17.9 Å². The number of ether oxygens (including phenoxy) is 3. The third-order valence-corrected chi connectivity index (χ3v) is 10.3. The fourth-order valence-electron chi connectivity index (χ4n) is 6.80. The maximum Gasteiger partial charge on any atom is 0.306 e. The van der Waals surface area contributed by atoms with Crippen LogP contribution in [0.3, 0.4) is 0 Å². The van der Waals surface area contributed by atoms with E-state index in [1.807, 2.05) is 0 Å². The van der Waals surface area contributed by atoms with E-state index in [2.05, 4.69) is 27.7 Å². The number of esters is 3. The van der Waals surface area contributed by atoms with Gasteiger partial charge in [-0.1, -0.05) is 214 Å². The second kappa shape index (κ2) is 40.6. The molecule has 0 radical (unpaired) electrons. The molecular formula is C46H88O6. The van der Waals surface area contributed by atoms with Gasteiger partial charge < -0.3 is 14.2 Å². The topological polar surface area (TPSA) is 78.9 Å². The summed E-state index contributed by atoms with van der Waals surface area (Å²) in [7, 11) is 0. The normalized spacial score (nSPS) is 11.9. The van der Waals surface area contributed by atoms with Gasteiger partial charge in [-0.15, -0.1) is 0 Å². The Bertz CT molecular complexity index is 781. The molecule has 6 nitrogen and oxygen atoms in total. The first-order chi connectivity index (χ1) is 25.4. The maximum atomic E-state index is 12.7. The lowest BCUT2D eigenvalue weighted by atomic mass is 10.0. The standard InChI is InChI=1S/C46H88O6/c1-5-7-9-11-13-14-15-16-19-23-27-31-35-39-46(49)52-43(40-50-44(47)37-33-29-24-12-10-8-6-2)41-51-45(48)38-34-30-26-22-20-17-18-21-25-28-32-36-42(3)4/h42-43H,5-41H2,1-4H3/t43-/m0/s1. The molecule has 0 aromatic rings. The second-order valence-electron chi connectivity index (χ2n) is 16.2. The molecule has 0 rings (SSSR count). The summed E-state index contributed by atoms with van der Waals surface area (Å²) < 4.78 is 16.7. The molecule has 0 spiro atoms. The van der Waals surface area contributed by atoms with Crippen LogP contribution in [0.5, 0.6) is 0 Å². The van der Waals surface area contributed by atoms with Crippen LogP contribution in [0.15, 0.2) is 0 Å². The van der Waals surface area contributed by atoms with Gasteiger partial charge in [-0.2, -0.15) is 0 Å². The minimum Gasteiger partial charge on any atom is -0.462 e. The molecule has 0 aliphatic rings. The Morgan fingerprint density at radius 2 is 0.635 bits per heavy atom. The van der Waals surface area contributed by atoms with Crippen molar-refractivity contribution in [3.63, 3.8) is 0 Å². The highest BCUT2D eigenvalue weighted by Crippen LogP contribution is 2.16. The minimum absolute atomic E-state index is 0.0641. The molecule has 0 fully saturated rings. The lowest BCUT2D eigenvalue weighted by molar-refractivity contribution is -0.167. The quantitative estimate of drug-likeness (QED) is 0.0353. The summed E-state index contributed by atoms with van der Waals surface area (Å²) in [6, 6.07) is 0. The van der Waals surface area contributed by atoms with Crippen molar-refractivity contribution < 1.29 is 28.6 Å². The van der Waals surface area contributed by atoms with Crippen LogP contribution in [0, 0.1) is 5.92 Å². The van der Waals surface area contributed by atoms with Gasteiger partial charge in [-0.3, -0.25) is 14.4 Å². The monoisotopic (exact) mass is 737 g/mol. The van der Waals surface area contributed by atoms with E-state index in [0.29, 0.717) is 19.3 Å². The van der Waals surface area contributed by atoms with Crippen LogP contribution < -0.4 is 0 Å². The van der Waals surface area contributed by atoms with Gasteiger partial charge in [0.05, 0.1) is 0 Å². The molecule has 308 valence electrons. The van der Waals surface area contributed by atoms with Crippen LogP contribution in [0.25, 0.3) is 0 Å². The van der Waals surface area contributed by atoms with Crippen molar-refractivity contribution in [2.75, 3.05) is 13.2 Å². The fourth-order valence-corrected chi connectivity index (χ4v) is 6.80. The first-order valence-electron chi connectivity index (χ1n) is 22.9. The van der Waals surface area contributed by atoms with Crippen LogP contribution in [-0.2, 0) is 28.6 Å². The molecule has 0 N–H and O–H groups in total. The first-order valence-corrected chi connectivity index (χ1v) is 22.9. The van der Waals surface area contributed by atoms with Crippen molar-refractivity contribution in [3.05, 3.63) is 0 Å².